The van der Waals surface area contributed by atoms with Crippen molar-refractivity contribution in [2.24, 2.45) is 5.92 Å². The van der Waals surface area contributed by atoms with Crippen LogP contribution in [0.15, 0.2) is 30.0 Å². The summed E-state index contributed by atoms with van der Waals surface area (Å²) in [6.07, 6.45) is 3.12. The van der Waals surface area contributed by atoms with E-state index in [1.165, 1.54) is 19.9 Å². The van der Waals surface area contributed by atoms with Gasteiger partial charge in [0.05, 0.1) is 6.61 Å². The van der Waals surface area contributed by atoms with Crippen LogP contribution in [-0.2, 0) is 19.1 Å². The predicted molar refractivity (Wildman–Crippen MR) is 100 cm³/mol. The summed E-state index contributed by atoms with van der Waals surface area (Å²) < 4.78 is 30.2. The van der Waals surface area contributed by atoms with Gasteiger partial charge in [-0.15, -0.1) is 0 Å². The number of likely N-dealkylation sites (tertiary alicyclic amines) is 1. The van der Waals surface area contributed by atoms with E-state index in [4.69, 9.17) is 14.2 Å². The molecule has 2 heterocycles. The van der Waals surface area contributed by atoms with Gasteiger partial charge in [0.15, 0.2) is 5.57 Å². The highest BCUT2D eigenvalue weighted by Crippen LogP contribution is 2.30. The van der Waals surface area contributed by atoms with Crippen LogP contribution < -0.4 is 10.1 Å². The molecule has 2 fully saturated rings. The SMILES string of the molecule is CN1CCC(COc2cccc(F)c2NC=C2C(=O)OC(C)(C)OC2=O)CC1. The minimum atomic E-state index is -1.33. The summed E-state index contributed by atoms with van der Waals surface area (Å²) >= 11 is 0. The number of carbonyl (C=O) groups excluding carboxylic acids is 2. The number of para-hydroxylation sites is 1. The molecule has 1 aromatic rings. The summed E-state index contributed by atoms with van der Waals surface area (Å²) in [4.78, 5) is 26.3. The molecule has 8 heteroatoms. The van der Waals surface area contributed by atoms with Gasteiger partial charge in [-0.2, -0.15) is 0 Å². The van der Waals surface area contributed by atoms with E-state index in [1.807, 2.05) is 0 Å². The lowest BCUT2D eigenvalue weighted by Gasteiger charge is -2.30. The summed E-state index contributed by atoms with van der Waals surface area (Å²) in [6.45, 7) is 5.41. The number of nitrogens with zero attached hydrogens (tertiary/aromatic N) is 1. The second-order valence-corrected chi connectivity index (χ2v) is 7.55. The maximum absolute atomic E-state index is 14.3. The first-order valence-corrected chi connectivity index (χ1v) is 9.28. The molecule has 2 saturated heterocycles. The number of halogens is 1. The standard InChI is InChI=1S/C20H25FN2O5/c1-20(2)27-18(24)14(19(25)28-20)11-22-17-15(21)5-4-6-16(17)26-12-13-7-9-23(3)10-8-13/h4-6,11,13,22H,7-10,12H2,1-3H3. The Morgan fingerprint density at radius 2 is 1.89 bits per heavy atom. The Morgan fingerprint density at radius 3 is 2.54 bits per heavy atom. The van der Waals surface area contributed by atoms with Gasteiger partial charge in [0.25, 0.3) is 5.79 Å². The van der Waals surface area contributed by atoms with Crippen molar-refractivity contribution in [2.75, 3.05) is 32.1 Å². The Labute approximate surface area is 163 Å². The number of carbonyl (C=O) groups is 2. The Morgan fingerprint density at radius 1 is 1.25 bits per heavy atom. The van der Waals surface area contributed by atoms with E-state index in [0.29, 0.717) is 18.3 Å². The maximum atomic E-state index is 14.3. The average molecular weight is 392 g/mol. The molecule has 152 valence electrons. The maximum Gasteiger partial charge on any atom is 0.350 e. The minimum Gasteiger partial charge on any atom is -0.491 e. The first-order valence-electron chi connectivity index (χ1n) is 9.28. The normalized spacial score (nSPS) is 20.4. The highest BCUT2D eigenvalue weighted by Gasteiger charge is 2.39. The largest absolute Gasteiger partial charge is 0.491 e. The molecule has 0 saturated carbocycles. The van der Waals surface area contributed by atoms with Crippen LogP contribution in [0.25, 0.3) is 0 Å². The third kappa shape index (κ3) is 4.81. The van der Waals surface area contributed by atoms with Gasteiger partial charge >= 0.3 is 11.9 Å². The highest BCUT2D eigenvalue weighted by atomic mass is 19.1. The third-order valence-corrected chi connectivity index (χ3v) is 4.77. The number of hydrogen-bond acceptors (Lipinski definition) is 7. The van der Waals surface area contributed by atoms with Crippen LogP contribution in [0.2, 0.25) is 0 Å². The van der Waals surface area contributed by atoms with E-state index in [1.54, 1.807) is 12.1 Å². The zero-order chi connectivity index (χ0) is 20.3. The summed E-state index contributed by atoms with van der Waals surface area (Å²) in [6, 6.07) is 4.45. The van der Waals surface area contributed by atoms with Gasteiger partial charge in [-0.3, -0.25) is 0 Å². The lowest BCUT2D eigenvalue weighted by molar-refractivity contribution is -0.222. The summed E-state index contributed by atoms with van der Waals surface area (Å²) in [5.41, 5.74) is -0.294. The molecule has 0 spiro atoms. The molecule has 7 nitrogen and oxygen atoms in total. The van der Waals surface area contributed by atoms with Gasteiger partial charge < -0.3 is 24.4 Å². The quantitative estimate of drug-likeness (QED) is 0.469. The van der Waals surface area contributed by atoms with Crippen molar-refractivity contribution in [2.45, 2.75) is 32.5 Å². The smallest absolute Gasteiger partial charge is 0.350 e. The van der Waals surface area contributed by atoms with Crippen LogP contribution in [-0.4, -0.2) is 49.4 Å². The van der Waals surface area contributed by atoms with Crippen molar-refractivity contribution in [1.29, 1.82) is 0 Å². The van der Waals surface area contributed by atoms with Crippen molar-refractivity contribution < 1.29 is 28.2 Å². The molecule has 0 aromatic heterocycles. The molecule has 28 heavy (non-hydrogen) atoms. The first-order chi connectivity index (χ1) is 13.2. The van der Waals surface area contributed by atoms with Crippen molar-refractivity contribution in [3.05, 3.63) is 35.8 Å². The van der Waals surface area contributed by atoms with Gasteiger partial charge in [0, 0.05) is 20.0 Å². The fraction of sp³-hybridized carbons (Fsp3) is 0.500. The third-order valence-electron chi connectivity index (χ3n) is 4.77. The number of anilines is 1. The molecule has 1 aromatic carbocycles. The van der Waals surface area contributed by atoms with E-state index in [2.05, 4.69) is 17.3 Å². The van der Waals surface area contributed by atoms with Gasteiger partial charge in [0.2, 0.25) is 0 Å². The molecule has 0 bridgehead atoms. The predicted octanol–water partition coefficient (Wildman–Crippen LogP) is 2.68. The number of hydrogen-bond donors (Lipinski definition) is 1. The Kier molecular flexibility index (Phi) is 5.88. The molecule has 2 aliphatic heterocycles. The number of nitrogens with one attached hydrogen (secondary N) is 1. The van der Waals surface area contributed by atoms with Gasteiger partial charge in [-0.05, 0) is 51.0 Å². The zero-order valence-electron chi connectivity index (χ0n) is 16.3. The number of ether oxygens (including phenoxy) is 3. The molecule has 0 radical (unpaired) electrons. The van der Waals surface area contributed by atoms with E-state index in [0.717, 1.165) is 32.1 Å². The molecule has 3 rings (SSSR count). The number of esters is 2. The molecule has 0 unspecified atom stereocenters. The molecule has 0 amide bonds. The second kappa shape index (κ2) is 8.18. The Balaban J connectivity index is 1.70. The monoisotopic (exact) mass is 392 g/mol. The van der Waals surface area contributed by atoms with Crippen molar-refractivity contribution in [3.8, 4) is 5.75 Å². The van der Waals surface area contributed by atoms with Crippen LogP contribution in [0.1, 0.15) is 26.7 Å². The fourth-order valence-corrected chi connectivity index (χ4v) is 3.12. The Hall–Kier alpha value is -2.61. The van der Waals surface area contributed by atoms with E-state index >= 15 is 0 Å². The van der Waals surface area contributed by atoms with E-state index in [-0.39, 0.29) is 11.3 Å². The van der Waals surface area contributed by atoms with Gasteiger partial charge in [-0.25, -0.2) is 14.0 Å². The van der Waals surface area contributed by atoms with Gasteiger partial charge in [-0.1, -0.05) is 6.07 Å². The van der Waals surface area contributed by atoms with Gasteiger partial charge in [0.1, 0.15) is 17.3 Å². The summed E-state index contributed by atoms with van der Waals surface area (Å²) in [5.74, 6) is -2.84. The molecule has 1 N–H and O–H groups in total. The van der Waals surface area contributed by atoms with Crippen molar-refractivity contribution in [1.82, 2.24) is 4.90 Å². The first kappa shape index (κ1) is 20.1. The lowest BCUT2D eigenvalue weighted by Crippen LogP contribution is -2.42. The van der Waals surface area contributed by atoms with E-state index in [9.17, 15) is 14.0 Å². The van der Waals surface area contributed by atoms with Crippen molar-refractivity contribution >= 4 is 17.6 Å². The molecule has 0 aliphatic carbocycles. The highest BCUT2D eigenvalue weighted by molar-refractivity contribution is 6.15. The van der Waals surface area contributed by atoms with Crippen LogP contribution >= 0.6 is 0 Å². The molecular formula is C20H25FN2O5. The Bertz CT molecular complexity index is 763. The zero-order valence-corrected chi connectivity index (χ0v) is 16.3. The number of benzene rings is 1. The fourth-order valence-electron chi connectivity index (χ4n) is 3.12. The summed E-state index contributed by atoms with van der Waals surface area (Å²) in [5, 5.41) is 2.66. The summed E-state index contributed by atoms with van der Waals surface area (Å²) in [7, 11) is 2.08. The lowest BCUT2D eigenvalue weighted by atomic mass is 9.98. The van der Waals surface area contributed by atoms with E-state index < -0.39 is 23.5 Å². The topological polar surface area (TPSA) is 77.1 Å². The van der Waals surface area contributed by atoms with Crippen LogP contribution in [0.4, 0.5) is 10.1 Å². The number of cyclic esters (lactones) is 2. The molecular weight excluding hydrogens is 367 g/mol. The van der Waals surface area contributed by atoms with Crippen LogP contribution in [0.3, 0.4) is 0 Å². The second-order valence-electron chi connectivity index (χ2n) is 7.55. The average Bonchev–Trinajstić information content (AvgIpc) is 2.61. The van der Waals surface area contributed by atoms with Crippen LogP contribution in [0, 0.1) is 11.7 Å². The minimum absolute atomic E-state index is 0.0494. The molecule has 2 aliphatic rings. The van der Waals surface area contributed by atoms with Crippen LogP contribution in [0.5, 0.6) is 5.75 Å². The van der Waals surface area contributed by atoms with Crippen molar-refractivity contribution in [3.63, 3.8) is 0 Å². The number of rotatable bonds is 5. The number of piperidine rings is 1. The molecule has 0 atom stereocenters.